The third-order valence-corrected chi connectivity index (χ3v) is 9.40. The fourth-order valence-corrected chi connectivity index (χ4v) is 6.70. The summed E-state index contributed by atoms with van der Waals surface area (Å²) in [7, 11) is 1.39. The van der Waals surface area contributed by atoms with Crippen molar-refractivity contribution in [2.24, 2.45) is 5.92 Å². The number of amides is 1. The van der Waals surface area contributed by atoms with Crippen LogP contribution in [0.4, 0.5) is 5.82 Å². The van der Waals surface area contributed by atoms with Crippen molar-refractivity contribution >= 4 is 45.6 Å². The van der Waals surface area contributed by atoms with Gasteiger partial charge >= 0.3 is 11.9 Å². The first-order valence-electron chi connectivity index (χ1n) is 17.6. The van der Waals surface area contributed by atoms with E-state index in [4.69, 9.17) is 20.2 Å². The van der Waals surface area contributed by atoms with E-state index in [0.717, 1.165) is 90.5 Å². The highest BCUT2D eigenvalue weighted by molar-refractivity contribution is 6.06. The van der Waals surface area contributed by atoms with Crippen molar-refractivity contribution in [3.8, 4) is 0 Å². The molecule has 49 heavy (non-hydrogen) atoms. The summed E-state index contributed by atoms with van der Waals surface area (Å²) in [6.07, 6.45) is 6.02. The summed E-state index contributed by atoms with van der Waals surface area (Å²) in [4.78, 5) is 51.5. The summed E-state index contributed by atoms with van der Waals surface area (Å²) in [6, 6.07) is 15.8. The number of rotatable bonds is 16. The summed E-state index contributed by atoms with van der Waals surface area (Å²) < 4.78 is 12.2. The number of nitrogen functional groups attached to an aromatic ring is 1. The Hall–Kier alpha value is -4.51. The topological polar surface area (TPSA) is 133 Å². The van der Waals surface area contributed by atoms with Gasteiger partial charge < -0.3 is 24.7 Å². The molecule has 1 saturated heterocycles. The molecule has 0 bridgehead atoms. The van der Waals surface area contributed by atoms with Gasteiger partial charge in [-0.3, -0.25) is 19.3 Å². The molecule has 1 aliphatic rings. The van der Waals surface area contributed by atoms with Crippen molar-refractivity contribution in [3.05, 3.63) is 65.5 Å². The van der Waals surface area contributed by atoms with E-state index in [9.17, 15) is 14.4 Å². The summed E-state index contributed by atoms with van der Waals surface area (Å²) in [5.41, 5.74) is 10.9. The molecule has 1 fully saturated rings. The second-order valence-corrected chi connectivity index (χ2v) is 13.0. The number of anilines is 1. The number of fused-ring (bicyclic) bond motifs is 3. The number of imidazole rings is 1. The average Bonchev–Trinajstić information content (AvgIpc) is 3.47. The fourth-order valence-electron chi connectivity index (χ4n) is 6.70. The van der Waals surface area contributed by atoms with Gasteiger partial charge in [0, 0.05) is 37.9 Å². The van der Waals surface area contributed by atoms with Gasteiger partial charge in [0.2, 0.25) is 5.91 Å². The summed E-state index contributed by atoms with van der Waals surface area (Å²) >= 11 is 0. The van der Waals surface area contributed by atoms with E-state index in [2.05, 4.69) is 27.4 Å². The number of aryl methyl sites for hydroxylation is 2. The van der Waals surface area contributed by atoms with Gasteiger partial charge in [0.1, 0.15) is 11.3 Å². The van der Waals surface area contributed by atoms with Gasteiger partial charge in [-0.05, 0) is 68.8 Å². The van der Waals surface area contributed by atoms with Crippen LogP contribution in [0.25, 0.3) is 21.9 Å². The molecule has 0 unspecified atom stereocenters. The summed E-state index contributed by atoms with van der Waals surface area (Å²) in [6.45, 7) is 7.98. The normalized spacial score (nSPS) is 13.9. The van der Waals surface area contributed by atoms with Gasteiger partial charge in [0.15, 0.2) is 5.82 Å². The van der Waals surface area contributed by atoms with Crippen LogP contribution in [0, 0.1) is 5.92 Å². The molecule has 262 valence electrons. The molecule has 0 aliphatic carbocycles. The number of nitrogens with zero attached hydrogens (tertiary/aromatic N) is 5. The number of esters is 2. The minimum Gasteiger partial charge on any atom is -0.469 e. The second kappa shape index (κ2) is 17.2. The lowest BCUT2D eigenvalue weighted by Crippen LogP contribution is -2.44. The SMILES string of the molecule is CCCCc1nc2c(N)nc3ccccc3c2n1CCCN(Cc1ccc(CC(=O)OC)cc1)C(=O)CN1CCC(CC(=O)OCC)CC1. The smallest absolute Gasteiger partial charge is 0.309 e. The van der Waals surface area contributed by atoms with Crippen LogP contribution in [0.2, 0.25) is 0 Å². The van der Waals surface area contributed by atoms with Gasteiger partial charge in [-0.1, -0.05) is 55.8 Å². The largest absolute Gasteiger partial charge is 0.469 e. The van der Waals surface area contributed by atoms with Gasteiger partial charge in [0.25, 0.3) is 0 Å². The van der Waals surface area contributed by atoms with Gasteiger partial charge in [0.05, 0.1) is 37.7 Å². The number of piperidine rings is 1. The number of ether oxygens (including phenoxy) is 2. The lowest BCUT2D eigenvalue weighted by atomic mass is 9.93. The molecule has 11 heteroatoms. The minimum absolute atomic E-state index is 0.0723. The number of nitrogens with two attached hydrogens (primary N) is 1. The zero-order valence-corrected chi connectivity index (χ0v) is 29.2. The molecular formula is C38H50N6O5. The van der Waals surface area contributed by atoms with Crippen LogP contribution in [0.5, 0.6) is 0 Å². The van der Waals surface area contributed by atoms with E-state index in [1.165, 1.54) is 7.11 Å². The van der Waals surface area contributed by atoms with Crippen molar-refractivity contribution in [2.75, 3.05) is 45.6 Å². The number of carbonyl (C=O) groups is 3. The van der Waals surface area contributed by atoms with Crippen LogP contribution in [0.3, 0.4) is 0 Å². The molecule has 1 aliphatic heterocycles. The Balaban J connectivity index is 1.32. The number of methoxy groups -OCH3 is 1. The molecule has 0 spiro atoms. The third kappa shape index (κ3) is 9.35. The second-order valence-electron chi connectivity index (χ2n) is 13.0. The molecule has 0 radical (unpaired) electrons. The number of pyridine rings is 1. The van der Waals surface area contributed by atoms with E-state index in [1.54, 1.807) is 0 Å². The first kappa shape index (κ1) is 35.8. The fraction of sp³-hybridized carbons (Fsp3) is 0.500. The van der Waals surface area contributed by atoms with Crippen LogP contribution in [-0.4, -0.2) is 82.1 Å². The van der Waals surface area contributed by atoms with Gasteiger partial charge in [-0.2, -0.15) is 0 Å². The molecule has 0 saturated carbocycles. The molecule has 0 atom stereocenters. The number of benzene rings is 2. The number of para-hydroxylation sites is 1. The lowest BCUT2D eigenvalue weighted by Gasteiger charge is -2.33. The standard InChI is InChI=1S/C38H50N6O5/c1-4-6-12-32-41-36-37(30-10-7-8-11-31(30)40-38(36)39)44(32)20-9-19-43(25-29-15-13-27(14-16-29)23-34(46)48-3)33(45)26-42-21-17-28(18-22-42)24-35(47)49-5-2/h7-8,10-11,13-16,28H,4-6,9,12,17-26H2,1-3H3,(H2,39,40). The first-order valence-corrected chi connectivity index (χ1v) is 17.6. The number of unbranched alkanes of at least 4 members (excludes halogenated alkanes) is 1. The maximum absolute atomic E-state index is 13.9. The summed E-state index contributed by atoms with van der Waals surface area (Å²) in [5, 5.41) is 1.02. The van der Waals surface area contributed by atoms with E-state index in [0.29, 0.717) is 45.0 Å². The molecule has 2 N–H and O–H groups in total. The predicted molar refractivity (Wildman–Crippen MR) is 191 cm³/mol. The Morgan fingerprint density at radius 2 is 1.69 bits per heavy atom. The van der Waals surface area contributed by atoms with Gasteiger partial charge in [-0.25, -0.2) is 9.97 Å². The van der Waals surface area contributed by atoms with E-state index >= 15 is 0 Å². The Morgan fingerprint density at radius 3 is 2.41 bits per heavy atom. The van der Waals surface area contributed by atoms with Crippen LogP contribution in [-0.2, 0) is 49.8 Å². The highest BCUT2D eigenvalue weighted by atomic mass is 16.5. The molecule has 5 rings (SSSR count). The molecule has 3 heterocycles. The molecule has 2 aromatic heterocycles. The van der Waals surface area contributed by atoms with E-state index < -0.39 is 0 Å². The van der Waals surface area contributed by atoms with Crippen molar-refractivity contribution in [2.45, 2.75) is 78.3 Å². The maximum Gasteiger partial charge on any atom is 0.309 e. The monoisotopic (exact) mass is 670 g/mol. The third-order valence-electron chi connectivity index (χ3n) is 9.40. The number of aromatic nitrogens is 3. The molecule has 11 nitrogen and oxygen atoms in total. The zero-order valence-electron chi connectivity index (χ0n) is 29.2. The van der Waals surface area contributed by atoms with Gasteiger partial charge in [-0.15, -0.1) is 0 Å². The lowest BCUT2D eigenvalue weighted by molar-refractivity contribution is -0.145. The number of hydrogen-bond donors (Lipinski definition) is 1. The molecule has 2 aromatic carbocycles. The minimum atomic E-state index is -0.286. The number of likely N-dealkylation sites (tertiary alicyclic amines) is 1. The zero-order chi connectivity index (χ0) is 34.8. The molecular weight excluding hydrogens is 620 g/mol. The number of carbonyl (C=O) groups excluding carboxylic acids is 3. The summed E-state index contributed by atoms with van der Waals surface area (Å²) in [5.74, 6) is 1.36. The molecule has 1 amide bonds. The van der Waals surface area contributed by atoms with Crippen molar-refractivity contribution in [3.63, 3.8) is 0 Å². The van der Waals surface area contributed by atoms with Crippen molar-refractivity contribution in [1.29, 1.82) is 0 Å². The first-order chi connectivity index (χ1) is 23.8. The average molecular weight is 671 g/mol. The Labute approximate surface area is 288 Å². The highest BCUT2D eigenvalue weighted by Gasteiger charge is 2.25. The van der Waals surface area contributed by atoms with Crippen LogP contribution in [0.1, 0.15) is 69.3 Å². The van der Waals surface area contributed by atoms with E-state index in [1.807, 2.05) is 54.3 Å². The highest BCUT2D eigenvalue weighted by Crippen LogP contribution is 2.30. The quantitative estimate of drug-likeness (QED) is 0.158. The van der Waals surface area contributed by atoms with Crippen LogP contribution < -0.4 is 5.73 Å². The van der Waals surface area contributed by atoms with Crippen molar-refractivity contribution < 1.29 is 23.9 Å². The maximum atomic E-state index is 13.9. The van der Waals surface area contributed by atoms with Crippen LogP contribution in [0.15, 0.2) is 48.5 Å². The Morgan fingerprint density at radius 1 is 0.959 bits per heavy atom. The van der Waals surface area contributed by atoms with Crippen molar-refractivity contribution in [1.82, 2.24) is 24.3 Å². The predicted octanol–water partition coefficient (Wildman–Crippen LogP) is 5.31. The Kier molecular flexibility index (Phi) is 12.6. The van der Waals surface area contributed by atoms with E-state index in [-0.39, 0.29) is 30.2 Å². The molecule has 4 aromatic rings. The Bertz CT molecular complexity index is 1730. The number of hydrogen-bond acceptors (Lipinski definition) is 9. The van der Waals surface area contributed by atoms with Crippen LogP contribution >= 0.6 is 0 Å².